The molecule has 4 aromatic carbocycles. The van der Waals surface area contributed by atoms with Gasteiger partial charge in [0.25, 0.3) is 0 Å². The zero-order valence-corrected chi connectivity index (χ0v) is 81.9. The molecule has 0 spiro atoms. The van der Waals surface area contributed by atoms with E-state index >= 15 is 0 Å². The van der Waals surface area contributed by atoms with Gasteiger partial charge in [0, 0.05) is 142 Å². The van der Waals surface area contributed by atoms with Crippen molar-refractivity contribution in [3.05, 3.63) is 280 Å². The van der Waals surface area contributed by atoms with Crippen molar-refractivity contribution < 1.29 is 38.4 Å². The van der Waals surface area contributed by atoms with E-state index in [0.717, 1.165) is 212 Å². The van der Waals surface area contributed by atoms with Crippen molar-refractivity contribution in [2.75, 3.05) is 0 Å². The first-order valence-corrected chi connectivity index (χ1v) is 51.6. The van der Waals surface area contributed by atoms with Gasteiger partial charge >= 0.3 is 0 Å². The molecule has 20 nitrogen and oxygen atoms in total. The number of aryl methyl sites for hydroxylation is 4. The van der Waals surface area contributed by atoms with E-state index in [1.807, 2.05) is 250 Å². The van der Waals surface area contributed by atoms with Crippen LogP contribution in [-0.2, 0) is 0 Å². The first-order valence-electron chi connectivity index (χ1n) is 48.4. The van der Waals surface area contributed by atoms with Crippen LogP contribution in [-0.4, -0.2) is 104 Å². The fourth-order valence-corrected chi connectivity index (χ4v) is 23.9. The zero-order valence-electron chi connectivity index (χ0n) is 78.6. The number of thiophene rings is 4. The van der Waals surface area contributed by atoms with Crippen molar-refractivity contribution in [2.45, 2.75) is 234 Å². The molecule has 12 heterocycles. The molecule has 0 N–H and O–H groups in total. The van der Waals surface area contributed by atoms with Crippen LogP contribution in [0.2, 0.25) is 0 Å². The smallest absolute Gasteiger partial charge is 0.173 e. The van der Waals surface area contributed by atoms with Crippen LogP contribution in [0.25, 0.3) is 90.2 Å². The van der Waals surface area contributed by atoms with E-state index in [0.29, 0.717) is 97.3 Å². The number of pyridine rings is 4. The van der Waals surface area contributed by atoms with E-state index in [1.165, 1.54) is 19.5 Å². The second-order valence-electron chi connectivity index (χ2n) is 36.9. The monoisotopic (exact) mass is 1880 g/mol. The minimum atomic E-state index is 0.121. The zero-order chi connectivity index (χ0) is 94.6. The van der Waals surface area contributed by atoms with Crippen LogP contribution in [0.15, 0.2) is 219 Å². The third-order valence-electron chi connectivity index (χ3n) is 27.3. The molecule has 0 radical (unpaired) electrons. The van der Waals surface area contributed by atoms with E-state index in [4.69, 9.17) is 19.9 Å². The van der Waals surface area contributed by atoms with Gasteiger partial charge in [-0.1, -0.05) is 77.6 Å². The molecule has 0 bridgehead atoms. The summed E-state index contributed by atoms with van der Waals surface area (Å²) in [6, 6.07) is 63.8. The number of carbonyl (C=O) groups is 8. The van der Waals surface area contributed by atoms with Gasteiger partial charge in [0.2, 0.25) is 0 Å². The molecule has 20 rings (SSSR count). The first-order chi connectivity index (χ1) is 66.1. The van der Waals surface area contributed by atoms with Crippen LogP contribution in [0.4, 0.5) is 0 Å². The van der Waals surface area contributed by atoms with Crippen molar-refractivity contribution in [3.8, 4) is 46.1 Å². The van der Waals surface area contributed by atoms with Gasteiger partial charge in [0.05, 0.1) is 63.6 Å². The molecule has 4 saturated carbocycles. The summed E-state index contributed by atoms with van der Waals surface area (Å²) in [6.07, 6.45) is 28.0. The van der Waals surface area contributed by atoms with Crippen LogP contribution in [0.3, 0.4) is 0 Å². The van der Waals surface area contributed by atoms with Crippen molar-refractivity contribution in [1.82, 2.24) is 58.1 Å². The van der Waals surface area contributed by atoms with Crippen LogP contribution < -0.4 is 0 Å². The molecular weight excluding hydrogens is 1770 g/mol. The van der Waals surface area contributed by atoms with Crippen LogP contribution in [0.5, 0.6) is 0 Å². The van der Waals surface area contributed by atoms with Gasteiger partial charge in [-0.25, -0.2) is 19.9 Å². The van der Waals surface area contributed by atoms with Crippen molar-refractivity contribution >= 4 is 136 Å². The quantitative estimate of drug-likeness (QED) is 0.0413. The highest BCUT2D eigenvalue weighted by Crippen LogP contribution is 2.46. The van der Waals surface area contributed by atoms with E-state index in [-0.39, 0.29) is 70.4 Å². The number of benzene rings is 4. The van der Waals surface area contributed by atoms with Crippen LogP contribution in [0, 0.1) is 51.4 Å². The third kappa shape index (κ3) is 22.0. The number of aromatic nitrogens is 12. The number of ketones is 8. The Labute approximate surface area is 810 Å². The lowest BCUT2D eigenvalue weighted by molar-refractivity contribution is 0.0937. The lowest BCUT2D eigenvalue weighted by Gasteiger charge is -2.31. The van der Waals surface area contributed by atoms with Crippen LogP contribution in [0.1, 0.15) is 306 Å². The predicted octanol–water partition coefficient (Wildman–Crippen LogP) is 28.3. The molecule has 0 unspecified atom stereocenters. The maximum atomic E-state index is 12.9. The molecule has 4 aliphatic rings. The molecule has 136 heavy (non-hydrogen) atoms. The molecule has 0 saturated heterocycles. The number of carbonyl (C=O) groups excluding carboxylic acids is 8. The molecular formula is C112H116N12O8S4. The van der Waals surface area contributed by atoms with Crippen molar-refractivity contribution in [2.24, 2.45) is 23.7 Å². The first kappa shape index (κ1) is 95.3. The van der Waals surface area contributed by atoms with E-state index in [2.05, 4.69) is 38.2 Å². The molecule has 696 valence electrons. The number of nitrogens with zero attached hydrogens (tertiary/aromatic N) is 12. The average molecular weight is 1890 g/mol. The number of hydrogen-bond acceptors (Lipinski definition) is 20. The summed E-state index contributed by atoms with van der Waals surface area (Å²) in [5.74, 6) is 6.26. The molecule has 4 fully saturated rings. The second-order valence-corrected chi connectivity index (χ2v) is 42.1. The van der Waals surface area contributed by atoms with Crippen LogP contribution >= 0.6 is 45.3 Å². The van der Waals surface area contributed by atoms with Gasteiger partial charge in [-0.15, -0.1) is 45.3 Å². The molecule has 24 heteroatoms. The number of Topliss-reactive ketones (excluding diaryl/α,β-unsaturated/α-hetero) is 8. The summed E-state index contributed by atoms with van der Waals surface area (Å²) in [5.41, 5.74) is 13.5. The van der Waals surface area contributed by atoms with Gasteiger partial charge in [-0.05, 0) is 298 Å². The highest BCUT2D eigenvalue weighted by Gasteiger charge is 2.36. The molecule has 0 aliphatic heterocycles. The van der Waals surface area contributed by atoms with Crippen molar-refractivity contribution in [3.63, 3.8) is 0 Å². The number of imidazole rings is 4. The molecule has 16 aromatic rings. The molecule has 12 aromatic heterocycles. The highest BCUT2D eigenvalue weighted by molar-refractivity contribution is 7.15. The molecule has 8 atom stereocenters. The number of hydrogen-bond donors (Lipinski definition) is 0. The predicted molar refractivity (Wildman–Crippen MR) is 546 cm³/mol. The van der Waals surface area contributed by atoms with Crippen molar-refractivity contribution in [1.29, 1.82) is 0 Å². The van der Waals surface area contributed by atoms with Gasteiger partial charge < -0.3 is 18.3 Å². The Morgan fingerprint density at radius 3 is 0.676 bits per heavy atom. The Balaban J connectivity index is 0.000000126. The Kier molecular flexibility index (Phi) is 30.6. The standard InChI is InChI=1S/4C28H29N3O2S/c4*1-3-25(32)20-11-12-24-23(17-20)30-28(22-9-4-5-14-29-22)31(24)21-8-6-7-19(15-21)16-26(33)27-13-10-18(2)34-27/h4*4-5,9-14,17,19,21H,3,6-8,15-16H2,1-2H3/t2*19-,21+;2*19-,21-/m1011/s1. The van der Waals surface area contributed by atoms with E-state index in [9.17, 15) is 38.4 Å². The van der Waals surface area contributed by atoms with Gasteiger partial charge in [-0.3, -0.25) is 58.3 Å². The van der Waals surface area contributed by atoms with Gasteiger partial charge in [0.15, 0.2) is 69.6 Å². The third-order valence-corrected chi connectivity index (χ3v) is 31.5. The fraction of sp³-hybridized carbons (Fsp3) is 0.357. The highest BCUT2D eigenvalue weighted by atomic mass is 32.1. The summed E-state index contributed by atoms with van der Waals surface area (Å²) in [5, 5.41) is 0. The van der Waals surface area contributed by atoms with Gasteiger partial charge in [-0.2, -0.15) is 0 Å². The minimum absolute atomic E-state index is 0.121. The minimum Gasteiger partial charge on any atom is -0.320 e. The fourth-order valence-electron chi connectivity index (χ4n) is 20.6. The van der Waals surface area contributed by atoms with E-state index < -0.39 is 0 Å². The topological polar surface area (TPSA) is 259 Å². The number of rotatable bonds is 28. The summed E-state index contributed by atoms with van der Waals surface area (Å²) in [7, 11) is 0. The lowest BCUT2D eigenvalue weighted by atomic mass is 9.82. The Hall–Kier alpha value is -12.5. The molecule has 4 aliphatic carbocycles. The SMILES string of the molecule is CCC(=O)c1ccc2c(c1)nc(-c1ccccn1)n2[C@@H]1CCC[C@@H](CC(=O)c2ccc(C)s2)C1.CCC(=O)c1ccc2c(c1)nc(-c1ccccn1)n2[C@@H]1CCC[C@@H](CC(=O)c2ccc(C)s2)C1.CCC(=O)c1ccc2c(c1)nc(-c1ccccn1)n2[C@@H]1CCC[C@H](CC(=O)c2ccc(C)s2)C1.CCC(=O)c1ccc2c(c1)nc(-c1ccccn1)n2[C@H]1CCC[C@@H](CC(=O)c2ccc(C)s2)C1. The Morgan fingerprint density at radius 1 is 0.272 bits per heavy atom. The largest absolute Gasteiger partial charge is 0.320 e. The average Bonchev–Trinajstić information content (AvgIpc) is 1.63. The summed E-state index contributed by atoms with van der Waals surface area (Å²) in [6.45, 7) is 15.7. The second kappa shape index (κ2) is 43.7. The maximum Gasteiger partial charge on any atom is 0.173 e. The normalized spacial score (nSPS) is 18.3. The maximum absolute atomic E-state index is 12.9. The summed E-state index contributed by atoms with van der Waals surface area (Å²) < 4.78 is 9.24. The Bertz CT molecular complexity index is 6180. The Morgan fingerprint density at radius 2 is 0.493 bits per heavy atom. The molecule has 0 amide bonds. The lowest BCUT2D eigenvalue weighted by Crippen LogP contribution is -2.22. The summed E-state index contributed by atoms with van der Waals surface area (Å²) in [4.78, 5) is 147. The number of fused-ring (bicyclic) bond motifs is 4. The van der Waals surface area contributed by atoms with Gasteiger partial charge in [0.1, 0.15) is 22.8 Å². The summed E-state index contributed by atoms with van der Waals surface area (Å²) >= 11 is 6.36. The van der Waals surface area contributed by atoms with E-state index in [1.54, 1.807) is 70.1 Å².